The van der Waals surface area contributed by atoms with Gasteiger partial charge in [0.2, 0.25) is 5.88 Å². The van der Waals surface area contributed by atoms with Crippen molar-refractivity contribution in [1.82, 2.24) is 30.8 Å². The minimum absolute atomic E-state index is 0.0193. The quantitative estimate of drug-likeness (QED) is 0.163. The molecule has 10 nitrogen and oxygen atoms in total. The molecule has 50 heavy (non-hydrogen) atoms. The molecule has 2 aromatic heterocycles. The molecular weight excluding hydrogens is 656 g/mol. The molecule has 3 heterocycles. The SMILES string of the molecule is Cc1nc(C(=O)NC2CCC3(CC2)CC3NC(=O)c2cc(F)cnc2Oc2cccc(-c3ccc(O)c(CN4C[C@@H](C)N[C@@H](C)C4)c3)c2)cs1. The number of nitrogens with one attached hydrogen (secondary N) is 3. The summed E-state index contributed by atoms with van der Waals surface area (Å²) in [5.41, 5.74) is 3.09. The maximum atomic E-state index is 14.4. The third-order valence-electron chi connectivity index (χ3n) is 10.2. The van der Waals surface area contributed by atoms with Crippen molar-refractivity contribution in [2.75, 3.05) is 13.1 Å². The molecule has 262 valence electrons. The highest BCUT2D eigenvalue weighted by molar-refractivity contribution is 7.09. The number of nitrogens with zero attached hydrogens (tertiary/aromatic N) is 3. The van der Waals surface area contributed by atoms with Crippen molar-refractivity contribution in [1.29, 1.82) is 0 Å². The summed E-state index contributed by atoms with van der Waals surface area (Å²) in [5, 5.41) is 23.1. The van der Waals surface area contributed by atoms with Gasteiger partial charge in [0.15, 0.2) is 0 Å². The van der Waals surface area contributed by atoms with Crippen LogP contribution < -0.4 is 20.7 Å². The van der Waals surface area contributed by atoms with Gasteiger partial charge in [0.05, 0.1) is 11.2 Å². The molecule has 2 aliphatic carbocycles. The second-order valence-electron chi connectivity index (χ2n) is 14.2. The van der Waals surface area contributed by atoms with Gasteiger partial charge in [-0.3, -0.25) is 14.5 Å². The lowest BCUT2D eigenvalue weighted by Gasteiger charge is -2.36. The number of amides is 2. The molecule has 2 saturated carbocycles. The molecule has 1 spiro atoms. The number of hydrogen-bond acceptors (Lipinski definition) is 9. The molecule has 0 bridgehead atoms. The summed E-state index contributed by atoms with van der Waals surface area (Å²) in [7, 11) is 0. The van der Waals surface area contributed by atoms with Crippen molar-refractivity contribution in [3.05, 3.63) is 87.8 Å². The summed E-state index contributed by atoms with van der Waals surface area (Å²) < 4.78 is 20.5. The highest BCUT2D eigenvalue weighted by Gasteiger charge is 2.56. The van der Waals surface area contributed by atoms with Crippen molar-refractivity contribution in [2.45, 2.75) is 83.6 Å². The van der Waals surface area contributed by atoms with Crippen LogP contribution in [0.2, 0.25) is 0 Å². The van der Waals surface area contributed by atoms with Gasteiger partial charge in [0.1, 0.15) is 28.6 Å². The highest BCUT2D eigenvalue weighted by atomic mass is 32.1. The maximum absolute atomic E-state index is 14.4. The summed E-state index contributed by atoms with van der Waals surface area (Å²) in [6.07, 6.45) is 5.29. The number of piperazine rings is 1. The standard InChI is InChI=1S/C38H43FN6O4S/c1-22-18-45(19-23(2)41-22)20-27-13-26(7-8-33(27)46)25-5-4-6-30(14-25)49-37-31(15-28(39)17-40-37)35(47)44-34-16-38(34)11-9-29(10-12-38)43-36(48)32-21-50-24(3)42-32/h4-8,13-15,17,21-23,29,34,41,46H,9-12,16,18-20H2,1-3H3,(H,43,48)(H,44,47)/t22-,23+,29?,34?,38?. The molecule has 3 aliphatic rings. The van der Waals surface area contributed by atoms with E-state index in [-0.39, 0.29) is 40.6 Å². The molecule has 3 fully saturated rings. The number of carbonyl (C=O) groups is 2. The Balaban J connectivity index is 0.990. The first kappa shape index (κ1) is 34.1. The number of phenols is 1. The van der Waals surface area contributed by atoms with Gasteiger partial charge in [-0.2, -0.15) is 0 Å². The van der Waals surface area contributed by atoms with Crippen LogP contribution in [0.1, 0.15) is 77.4 Å². The maximum Gasteiger partial charge on any atom is 0.270 e. The molecule has 4 N–H and O–H groups in total. The summed E-state index contributed by atoms with van der Waals surface area (Å²) in [6.45, 7) is 8.64. The van der Waals surface area contributed by atoms with Crippen LogP contribution in [0.5, 0.6) is 17.4 Å². The van der Waals surface area contributed by atoms with E-state index in [1.54, 1.807) is 17.5 Å². The number of aryl methyl sites for hydroxylation is 1. The van der Waals surface area contributed by atoms with E-state index in [0.717, 1.165) is 79.2 Å². The topological polar surface area (TPSA) is 129 Å². The lowest BCUT2D eigenvalue weighted by Crippen LogP contribution is -2.53. The van der Waals surface area contributed by atoms with E-state index in [2.05, 4.69) is 44.7 Å². The molecule has 4 aromatic rings. The van der Waals surface area contributed by atoms with Crippen molar-refractivity contribution in [3.8, 4) is 28.5 Å². The van der Waals surface area contributed by atoms with E-state index in [9.17, 15) is 19.1 Å². The summed E-state index contributed by atoms with van der Waals surface area (Å²) in [4.78, 5) is 36.9. The Hall–Kier alpha value is -4.39. The summed E-state index contributed by atoms with van der Waals surface area (Å²) >= 11 is 1.46. The normalized spacial score (nSPS) is 24.9. The average Bonchev–Trinajstić information content (AvgIpc) is 3.53. The van der Waals surface area contributed by atoms with E-state index in [1.807, 2.05) is 37.3 Å². The van der Waals surface area contributed by atoms with E-state index in [4.69, 9.17) is 4.74 Å². The lowest BCUT2D eigenvalue weighted by molar-refractivity contribution is 0.0912. The number of aromatic hydroxyl groups is 1. The molecule has 1 unspecified atom stereocenters. The minimum atomic E-state index is -0.627. The lowest BCUT2D eigenvalue weighted by atomic mass is 9.82. The second kappa shape index (κ2) is 14.1. The third kappa shape index (κ3) is 7.67. The fourth-order valence-corrected chi connectivity index (χ4v) is 8.22. The average molecular weight is 699 g/mol. The number of halogens is 1. The molecule has 1 saturated heterocycles. The van der Waals surface area contributed by atoms with E-state index < -0.39 is 11.7 Å². The van der Waals surface area contributed by atoms with E-state index in [1.165, 1.54) is 11.3 Å². The molecule has 0 radical (unpaired) electrons. The highest BCUT2D eigenvalue weighted by Crippen LogP contribution is 2.56. The van der Waals surface area contributed by atoms with Crippen molar-refractivity contribution in [3.63, 3.8) is 0 Å². The Morgan fingerprint density at radius 3 is 2.56 bits per heavy atom. The van der Waals surface area contributed by atoms with Crippen LogP contribution in [0.4, 0.5) is 4.39 Å². The summed E-state index contributed by atoms with van der Waals surface area (Å²) in [6, 6.07) is 14.9. The largest absolute Gasteiger partial charge is 0.508 e. The van der Waals surface area contributed by atoms with Crippen LogP contribution in [-0.4, -0.2) is 69.0 Å². The van der Waals surface area contributed by atoms with Crippen LogP contribution in [0.25, 0.3) is 11.1 Å². The number of carbonyl (C=O) groups excluding carboxylic acids is 2. The number of benzene rings is 2. The van der Waals surface area contributed by atoms with Crippen LogP contribution >= 0.6 is 11.3 Å². The van der Waals surface area contributed by atoms with Crippen LogP contribution in [0.3, 0.4) is 0 Å². The number of phenolic OH excluding ortho intramolecular Hbond substituents is 1. The number of hydrogen-bond donors (Lipinski definition) is 4. The first-order valence-corrected chi connectivity index (χ1v) is 18.2. The molecular formula is C38H43FN6O4S. The third-order valence-corrected chi connectivity index (χ3v) is 11.0. The Morgan fingerprint density at radius 2 is 1.82 bits per heavy atom. The van der Waals surface area contributed by atoms with E-state index >= 15 is 0 Å². The Bertz CT molecular complexity index is 1880. The molecule has 12 heteroatoms. The summed E-state index contributed by atoms with van der Waals surface area (Å²) in [5.74, 6) is -0.475. The zero-order valence-corrected chi connectivity index (χ0v) is 29.4. The molecule has 2 amide bonds. The molecule has 3 atom stereocenters. The number of thiazole rings is 1. The Morgan fingerprint density at radius 1 is 1.06 bits per heavy atom. The van der Waals surface area contributed by atoms with Gasteiger partial charge in [-0.05, 0) is 99.7 Å². The number of aromatic nitrogens is 2. The van der Waals surface area contributed by atoms with Crippen molar-refractivity contribution < 1.29 is 23.8 Å². The monoisotopic (exact) mass is 698 g/mol. The van der Waals surface area contributed by atoms with Gasteiger partial charge in [-0.1, -0.05) is 18.2 Å². The first-order chi connectivity index (χ1) is 24.0. The van der Waals surface area contributed by atoms with Crippen LogP contribution in [0, 0.1) is 18.2 Å². The van der Waals surface area contributed by atoms with Crippen LogP contribution in [-0.2, 0) is 6.54 Å². The molecule has 2 aromatic carbocycles. The Labute approximate surface area is 295 Å². The van der Waals surface area contributed by atoms with Gasteiger partial charge in [-0.25, -0.2) is 14.4 Å². The van der Waals surface area contributed by atoms with Gasteiger partial charge in [-0.15, -0.1) is 11.3 Å². The molecule has 1 aliphatic heterocycles. The number of ether oxygens (including phenoxy) is 1. The Kier molecular flexibility index (Phi) is 9.60. The number of rotatable bonds is 9. The number of pyridine rings is 1. The zero-order valence-electron chi connectivity index (χ0n) is 28.5. The van der Waals surface area contributed by atoms with Crippen molar-refractivity contribution >= 4 is 23.2 Å². The van der Waals surface area contributed by atoms with E-state index in [0.29, 0.717) is 30.1 Å². The van der Waals surface area contributed by atoms with Crippen molar-refractivity contribution in [2.24, 2.45) is 5.41 Å². The van der Waals surface area contributed by atoms with Gasteiger partial charge in [0.25, 0.3) is 11.8 Å². The minimum Gasteiger partial charge on any atom is -0.508 e. The van der Waals surface area contributed by atoms with Gasteiger partial charge >= 0.3 is 0 Å². The predicted molar refractivity (Wildman–Crippen MR) is 190 cm³/mol. The fraction of sp³-hybridized carbons (Fsp3) is 0.421. The first-order valence-electron chi connectivity index (χ1n) is 17.3. The smallest absolute Gasteiger partial charge is 0.270 e. The van der Waals surface area contributed by atoms with Crippen LogP contribution in [0.15, 0.2) is 60.1 Å². The second-order valence-corrected chi connectivity index (χ2v) is 15.3. The van der Waals surface area contributed by atoms with Gasteiger partial charge in [0, 0.05) is 54.7 Å². The zero-order chi connectivity index (χ0) is 35.0. The fourth-order valence-electron chi connectivity index (χ4n) is 7.63. The van der Waals surface area contributed by atoms with Gasteiger partial charge < -0.3 is 25.8 Å². The predicted octanol–water partition coefficient (Wildman–Crippen LogP) is 6.19. The molecule has 7 rings (SSSR count).